The number of nitrogens with one attached hydrogen (secondary N) is 2. The van der Waals surface area contributed by atoms with Gasteiger partial charge in [0.2, 0.25) is 10.0 Å². The minimum Gasteiger partial charge on any atom is -0.497 e. The van der Waals surface area contributed by atoms with Crippen molar-refractivity contribution in [3.05, 3.63) is 48.8 Å². The molecule has 0 fully saturated rings. The van der Waals surface area contributed by atoms with Gasteiger partial charge >= 0.3 is 0 Å². The molecule has 0 aliphatic heterocycles. The third kappa shape index (κ3) is 4.81. The minimum atomic E-state index is -3.75. The molecule has 1 aromatic carbocycles. The Bertz CT molecular complexity index is 1080. The Labute approximate surface area is 169 Å². The number of aromatic nitrogens is 4. The molecule has 0 radical (unpaired) electrons. The quantitative estimate of drug-likeness (QED) is 0.500. The highest BCUT2D eigenvalue weighted by Gasteiger charge is 2.19. The summed E-state index contributed by atoms with van der Waals surface area (Å²) in [7, 11) is -0.841. The van der Waals surface area contributed by atoms with Crippen molar-refractivity contribution >= 4 is 15.8 Å². The van der Waals surface area contributed by atoms with E-state index in [9.17, 15) is 8.42 Å². The summed E-state index contributed by atoms with van der Waals surface area (Å²) >= 11 is 0. The predicted octanol–water partition coefficient (Wildman–Crippen LogP) is 1.38. The van der Waals surface area contributed by atoms with Crippen molar-refractivity contribution in [3.8, 4) is 17.3 Å². The second-order valence-electron chi connectivity index (χ2n) is 5.95. The first kappa shape index (κ1) is 20.6. The van der Waals surface area contributed by atoms with Gasteiger partial charge < -0.3 is 14.8 Å². The van der Waals surface area contributed by atoms with E-state index in [0.29, 0.717) is 23.9 Å². The van der Waals surface area contributed by atoms with Gasteiger partial charge in [-0.05, 0) is 19.1 Å². The second-order valence-corrected chi connectivity index (χ2v) is 7.68. The lowest BCUT2D eigenvalue weighted by Gasteiger charge is -2.12. The monoisotopic (exact) mass is 418 g/mol. The molecular weight excluding hydrogens is 396 g/mol. The number of anilines is 1. The highest BCUT2D eigenvalue weighted by atomic mass is 32.2. The van der Waals surface area contributed by atoms with Crippen LogP contribution in [0.15, 0.2) is 47.9 Å². The fourth-order valence-corrected chi connectivity index (χ4v) is 3.83. The molecule has 2 N–H and O–H groups in total. The molecule has 0 saturated heterocycles. The maximum absolute atomic E-state index is 12.6. The second kappa shape index (κ2) is 8.88. The smallest absolute Gasteiger partial charge is 0.244 e. The van der Waals surface area contributed by atoms with Crippen molar-refractivity contribution in [1.29, 1.82) is 0 Å². The van der Waals surface area contributed by atoms with Gasteiger partial charge in [0.05, 0.1) is 14.2 Å². The lowest BCUT2D eigenvalue weighted by molar-refractivity contribution is 0.386. The Morgan fingerprint density at radius 2 is 1.90 bits per heavy atom. The van der Waals surface area contributed by atoms with Crippen molar-refractivity contribution in [1.82, 2.24) is 24.2 Å². The zero-order valence-electron chi connectivity index (χ0n) is 16.3. The molecule has 0 amide bonds. The molecule has 2 heterocycles. The summed E-state index contributed by atoms with van der Waals surface area (Å²) in [6, 6.07) is 6.29. The first-order chi connectivity index (χ1) is 13.9. The van der Waals surface area contributed by atoms with E-state index < -0.39 is 10.0 Å². The van der Waals surface area contributed by atoms with E-state index in [2.05, 4.69) is 25.0 Å². The molecule has 10 nitrogen and oxygen atoms in total. The Hall–Kier alpha value is -3.18. The number of imidazole rings is 1. The van der Waals surface area contributed by atoms with Gasteiger partial charge in [0.1, 0.15) is 40.2 Å². The average molecular weight is 418 g/mol. The van der Waals surface area contributed by atoms with E-state index in [0.717, 1.165) is 5.82 Å². The largest absolute Gasteiger partial charge is 0.497 e. The van der Waals surface area contributed by atoms with Gasteiger partial charge in [-0.3, -0.25) is 4.57 Å². The standard InChI is InChI=1S/C18H22N6O4S/c1-13-19-8-9-24(13)18-11-17(21-12-22-18)20-6-7-23-29(25,26)16-5-4-14(27-2)10-15(16)28-3/h4-5,8-12,23H,6-7H2,1-3H3,(H,20,21,22). The number of benzene rings is 1. The third-order valence-electron chi connectivity index (χ3n) is 4.11. The highest BCUT2D eigenvalue weighted by Crippen LogP contribution is 2.28. The van der Waals surface area contributed by atoms with E-state index in [4.69, 9.17) is 9.47 Å². The average Bonchev–Trinajstić information content (AvgIpc) is 3.16. The van der Waals surface area contributed by atoms with Crippen LogP contribution in [-0.4, -0.2) is 55.2 Å². The number of hydrogen-bond donors (Lipinski definition) is 2. The number of sulfonamides is 1. The van der Waals surface area contributed by atoms with Gasteiger partial charge in [0, 0.05) is 37.6 Å². The van der Waals surface area contributed by atoms with Crippen molar-refractivity contribution in [3.63, 3.8) is 0 Å². The molecule has 0 aliphatic rings. The first-order valence-electron chi connectivity index (χ1n) is 8.72. The molecule has 0 aliphatic carbocycles. The van der Waals surface area contributed by atoms with Gasteiger partial charge in [0.15, 0.2) is 0 Å². The Morgan fingerprint density at radius 3 is 2.59 bits per heavy atom. The summed E-state index contributed by atoms with van der Waals surface area (Å²) < 4.78 is 39.8. The topological polar surface area (TPSA) is 120 Å². The van der Waals surface area contributed by atoms with Crippen LogP contribution in [0.3, 0.4) is 0 Å². The van der Waals surface area contributed by atoms with Crippen LogP contribution < -0.4 is 19.5 Å². The summed E-state index contributed by atoms with van der Waals surface area (Å²) in [5, 5.41) is 3.07. The van der Waals surface area contributed by atoms with Crippen LogP contribution in [0, 0.1) is 6.92 Å². The lowest BCUT2D eigenvalue weighted by atomic mass is 10.3. The fourth-order valence-electron chi connectivity index (χ4n) is 2.65. The number of hydrogen-bond acceptors (Lipinski definition) is 8. The number of ether oxygens (including phenoxy) is 2. The summed E-state index contributed by atoms with van der Waals surface area (Å²) in [6.07, 6.45) is 4.92. The highest BCUT2D eigenvalue weighted by molar-refractivity contribution is 7.89. The van der Waals surface area contributed by atoms with Gasteiger partial charge in [0.25, 0.3) is 0 Å². The number of rotatable bonds is 9. The zero-order valence-corrected chi connectivity index (χ0v) is 17.1. The molecule has 0 spiro atoms. The number of nitrogens with zero attached hydrogens (tertiary/aromatic N) is 4. The van der Waals surface area contributed by atoms with Crippen LogP contribution in [0.25, 0.3) is 5.82 Å². The predicted molar refractivity (Wildman–Crippen MR) is 107 cm³/mol. The summed E-state index contributed by atoms with van der Waals surface area (Å²) in [6.45, 7) is 2.36. The van der Waals surface area contributed by atoms with Crippen LogP contribution in [-0.2, 0) is 10.0 Å². The molecule has 11 heteroatoms. The maximum atomic E-state index is 12.6. The first-order valence-corrected chi connectivity index (χ1v) is 10.2. The van der Waals surface area contributed by atoms with E-state index in [1.807, 2.05) is 11.5 Å². The molecule has 2 aromatic heterocycles. The van der Waals surface area contributed by atoms with Crippen LogP contribution in [0.5, 0.6) is 11.5 Å². The van der Waals surface area contributed by atoms with Crippen LogP contribution >= 0.6 is 0 Å². The molecule has 29 heavy (non-hydrogen) atoms. The Morgan fingerprint density at radius 1 is 1.07 bits per heavy atom. The third-order valence-corrected chi connectivity index (χ3v) is 5.61. The van der Waals surface area contributed by atoms with E-state index in [1.165, 1.54) is 32.7 Å². The van der Waals surface area contributed by atoms with Crippen LogP contribution in [0.4, 0.5) is 5.82 Å². The van der Waals surface area contributed by atoms with Gasteiger partial charge in [-0.1, -0.05) is 0 Å². The number of aryl methyl sites for hydroxylation is 1. The molecule has 0 saturated carbocycles. The van der Waals surface area contributed by atoms with Gasteiger partial charge in [-0.2, -0.15) is 0 Å². The summed E-state index contributed by atoms with van der Waals surface area (Å²) in [4.78, 5) is 12.6. The summed E-state index contributed by atoms with van der Waals surface area (Å²) in [5.41, 5.74) is 0. The van der Waals surface area contributed by atoms with Crippen LogP contribution in [0.2, 0.25) is 0 Å². The normalized spacial score (nSPS) is 11.3. The Kier molecular flexibility index (Phi) is 6.29. The zero-order chi connectivity index (χ0) is 20.9. The molecule has 154 valence electrons. The molecule has 3 rings (SSSR count). The minimum absolute atomic E-state index is 0.0423. The van der Waals surface area contributed by atoms with E-state index in [1.54, 1.807) is 24.5 Å². The lowest BCUT2D eigenvalue weighted by Crippen LogP contribution is -2.29. The maximum Gasteiger partial charge on any atom is 0.244 e. The van der Waals surface area contributed by atoms with Crippen molar-refractivity contribution in [2.45, 2.75) is 11.8 Å². The molecule has 0 unspecified atom stereocenters. The van der Waals surface area contributed by atoms with Crippen molar-refractivity contribution in [2.24, 2.45) is 0 Å². The van der Waals surface area contributed by atoms with Crippen LogP contribution in [0.1, 0.15) is 5.82 Å². The SMILES string of the molecule is COc1ccc(S(=O)(=O)NCCNc2cc(-n3ccnc3C)ncn2)c(OC)c1. The number of methoxy groups -OCH3 is 2. The van der Waals surface area contributed by atoms with Crippen molar-refractivity contribution < 1.29 is 17.9 Å². The van der Waals surface area contributed by atoms with Crippen molar-refractivity contribution in [2.75, 3.05) is 32.6 Å². The van der Waals surface area contributed by atoms with Gasteiger partial charge in [-0.25, -0.2) is 28.1 Å². The molecule has 3 aromatic rings. The molecule has 0 atom stereocenters. The Balaban J connectivity index is 1.61. The fraction of sp³-hybridized carbons (Fsp3) is 0.278. The molecular formula is C18H22N6O4S. The molecule has 0 bridgehead atoms. The van der Waals surface area contributed by atoms with E-state index in [-0.39, 0.29) is 17.2 Å². The van der Waals surface area contributed by atoms with Gasteiger partial charge in [-0.15, -0.1) is 0 Å². The summed E-state index contributed by atoms with van der Waals surface area (Å²) in [5.74, 6) is 2.76. The van der Waals surface area contributed by atoms with E-state index >= 15 is 0 Å².